The van der Waals surface area contributed by atoms with Crippen LogP contribution in [0.25, 0.3) is 0 Å². The zero-order chi connectivity index (χ0) is 12.8. The second-order valence-corrected chi connectivity index (χ2v) is 3.80. The van der Waals surface area contributed by atoms with Gasteiger partial charge in [0.15, 0.2) is 0 Å². The molecular formula is C14H13N3O. The lowest BCUT2D eigenvalue weighted by atomic mass is 10.1. The van der Waals surface area contributed by atoms with Crippen molar-refractivity contribution >= 4 is 11.6 Å². The molecule has 0 atom stereocenters. The standard InChI is InChI=1S/C14H13N3O/c15-17-14(18)12-8-4-5-9-13(12)16-10-11-6-2-1-3-7-11/h1-9,15-16H,10H2. The molecule has 0 aromatic heterocycles. The van der Waals surface area contributed by atoms with Gasteiger partial charge in [-0.2, -0.15) is 0 Å². The summed E-state index contributed by atoms with van der Waals surface area (Å²) in [6, 6.07) is 17.0. The number of benzene rings is 2. The third kappa shape index (κ3) is 2.79. The van der Waals surface area contributed by atoms with Crippen LogP contribution in [0.4, 0.5) is 5.69 Å². The molecule has 2 rings (SSSR count). The van der Waals surface area contributed by atoms with Crippen LogP contribution in [0.1, 0.15) is 15.9 Å². The first-order valence-electron chi connectivity index (χ1n) is 5.60. The normalized spacial score (nSPS) is 9.78. The Hall–Kier alpha value is -2.49. The first kappa shape index (κ1) is 12.0. The fourth-order valence-corrected chi connectivity index (χ4v) is 1.68. The summed E-state index contributed by atoms with van der Waals surface area (Å²) < 4.78 is 0. The Morgan fingerprint density at radius 2 is 1.72 bits per heavy atom. The number of nitrogens with one attached hydrogen (secondary N) is 2. The number of amides is 1. The first-order valence-corrected chi connectivity index (χ1v) is 5.60. The van der Waals surface area contributed by atoms with E-state index in [1.807, 2.05) is 36.4 Å². The highest BCUT2D eigenvalue weighted by Crippen LogP contribution is 2.17. The zero-order valence-electron chi connectivity index (χ0n) is 9.76. The SMILES string of the molecule is N=NC(=O)c1ccccc1NCc1ccccc1. The number of hydrogen-bond acceptors (Lipinski definition) is 3. The molecular weight excluding hydrogens is 226 g/mol. The van der Waals surface area contributed by atoms with Gasteiger partial charge in [0.05, 0.1) is 5.56 Å². The minimum absolute atomic E-state index is 0.420. The van der Waals surface area contributed by atoms with Crippen LogP contribution in [0.15, 0.2) is 59.7 Å². The highest BCUT2D eigenvalue weighted by Gasteiger charge is 2.08. The lowest BCUT2D eigenvalue weighted by molar-refractivity contribution is 0.0991. The van der Waals surface area contributed by atoms with Gasteiger partial charge in [0.1, 0.15) is 0 Å². The lowest BCUT2D eigenvalue weighted by Gasteiger charge is -2.09. The molecule has 2 N–H and O–H groups in total. The van der Waals surface area contributed by atoms with Gasteiger partial charge >= 0.3 is 0 Å². The number of nitrogens with zero attached hydrogens (tertiary/aromatic N) is 1. The second-order valence-electron chi connectivity index (χ2n) is 3.80. The number of carbonyl (C=O) groups excluding carboxylic acids is 1. The molecule has 0 saturated heterocycles. The predicted octanol–water partition coefficient (Wildman–Crippen LogP) is 3.47. The molecule has 4 heteroatoms. The van der Waals surface area contributed by atoms with Crippen LogP contribution >= 0.6 is 0 Å². The maximum absolute atomic E-state index is 11.5. The number of para-hydroxylation sites is 1. The zero-order valence-corrected chi connectivity index (χ0v) is 9.76. The molecule has 0 saturated carbocycles. The van der Waals surface area contributed by atoms with Gasteiger partial charge in [-0.3, -0.25) is 4.79 Å². The van der Waals surface area contributed by atoms with Crippen molar-refractivity contribution in [2.24, 2.45) is 5.11 Å². The summed E-state index contributed by atoms with van der Waals surface area (Å²) in [6.45, 7) is 0.628. The van der Waals surface area contributed by atoms with E-state index in [-0.39, 0.29) is 0 Å². The van der Waals surface area contributed by atoms with Gasteiger partial charge in [-0.15, -0.1) is 5.11 Å². The maximum atomic E-state index is 11.5. The van der Waals surface area contributed by atoms with Crippen LogP contribution in [0, 0.1) is 5.53 Å². The van der Waals surface area contributed by atoms with Crippen molar-refractivity contribution in [2.75, 3.05) is 5.32 Å². The summed E-state index contributed by atoms with van der Waals surface area (Å²) in [4.78, 5) is 11.5. The van der Waals surface area contributed by atoms with E-state index in [9.17, 15) is 4.79 Å². The fourth-order valence-electron chi connectivity index (χ4n) is 1.68. The van der Waals surface area contributed by atoms with Gasteiger partial charge < -0.3 is 5.32 Å². The number of anilines is 1. The van der Waals surface area contributed by atoms with Gasteiger partial charge in [0, 0.05) is 12.2 Å². The molecule has 90 valence electrons. The summed E-state index contributed by atoms with van der Waals surface area (Å²) >= 11 is 0. The Balaban J connectivity index is 2.14. The van der Waals surface area contributed by atoms with Crippen molar-refractivity contribution in [3.05, 3.63) is 65.7 Å². The van der Waals surface area contributed by atoms with Crippen LogP contribution in [-0.4, -0.2) is 5.91 Å². The third-order valence-corrected chi connectivity index (χ3v) is 2.58. The van der Waals surface area contributed by atoms with E-state index in [1.54, 1.807) is 18.2 Å². The summed E-state index contributed by atoms with van der Waals surface area (Å²) in [5, 5.41) is 6.13. The Labute approximate surface area is 105 Å². The number of rotatable bonds is 4. The highest BCUT2D eigenvalue weighted by molar-refractivity contribution is 5.99. The van der Waals surface area contributed by atoms with Crippen LogP contribution in [0.3, 0.4) is 0 Å². The van der Waals surface area contributed by atoms with E-state index in [0.29, 0.717) is 17.8 Å². The average molecular weight is 239 g/mol. The summed E-state index contributed by atoms with van der Waals surface area (Å²) in [7, 11) is 0. The van der Waals surface area contributed by atoms with E-state index < -0.39 is 5.91 Å². The van der Waals surface area contributed by atoms with Crippen molar-refractivity contribution in [3.63, 3.8) is 0 Å². The Morgan fingerprint density at radius 1 is 1.06 bits per heavy atom. The van der Waals surface area contributed by atoms with E-state index >= 15 is 0 Å². The Morgan fingerprint density at radius 3 is 2.44 bits per heavy atom. The van der Waals surface area contributed by atoms with Crippen molar-refractivity contribution in [3.8, 4) is 0 Å². The molecule has 2 aromatic rings. The predicted molar refractivity (Wildman–Crippen MR) is 69.7 cm³/mol. The van der Waals surface area contributed by atoms with Gasteiger partial charge in [-0.05, 0) is 17.7 Å². The minimum Gasteiger partial charge on any atom is -0.380 e. The van der Waals surface area contributed by atoms with Crippen molar-refractivity contribution in [2.45, 2.75) is 6.54 Å². The summed E-state index contributed by atoms with van der Waals surface area (Å²) in [6.07, 6.45) is 0. The largest absolute Gasteiger partial charge is 0.380 e. The van der Waals surface area contributed by atoms with Crippen molar-refractivity contribution in [1.29, 1.82) is 5.53 Å². The molecule has 4 nitrogen and oxygen atoms in total. The molecule has 0 radical (unpaired) electrons. The molecule has 0 aliphatic heterocycles. The highest BCUT2D eigenvalue weighted by atomic mass is 16.1. The molecule has 0 aliphatic rings. The molecule has 0 aliphatic carbocycles. The average Bonchev–Trinajstić information content (AvgIpc) is 2.45. The van der Waals surface area contributed by atoms with E-state index in [4.69, 9.17) is 5.53 Å². The monoisotopic (exact) mass is 239 g/mol. The van der Waals surface area contributed by atoms with Crippen molar-refractivity contribution in [1.82, 2.24) is 0 Å². The van der Waals surface area contributed by atoms with E-state index in [2.05, 4.69) is 10.4 Å². The molecule has 0 spiro atoms. The van der Waals surface area contributed by atoms with Gasteiger partial charge in [-0.25, -0.2) is 5.53 Å². The third-order valence-electron chi connectivity index (χ3n) is 2.58. The molecule has 18 heavy (non-hydrogen) atoms. The fraction of sp³-hybridized carbons (Fsp3) is 0.0714. The van der Waals surface area contributed by atoms with E-state index in [0.717, 1.165) is 5.56 Å². The lowest BCUT2D eigenvalue weighted by Crippen LogP contribution is -2.05. The number of hydrogen-bond donors (Lipinski definition) is 2. The van der Waals surface area contributed by atoms with Crippen LogP contribution in [0.5, 0.6) is 0 Å². The summed E-state index contributed by atoms with van der Waals surface area (Å²) in [5.41, 5.74) is 9.03. The molecule has 2 aromatic carbocycles. The molecule has 1 amide bonds. The van der Waals surface area contributed by atoms with Gasteiger partial charge in [-0.1, -0.05) is 42.5 Å². The minimum atomic E-state index is -0.536. The van der Waals surface area contributed by atoms with Gasteiger partial charge in [0.2, 0.25) is 0 Å². The molecule has 0 fully saturated rings. The Bertz CT molecular complexity index is 552. The van der Waals surface area contributed by atoms with Crippen LogP contribution in [0.2, 0.25) is 0 Å². The smallest absolute Gasteiger partial charge is 0.296 e. The molecule has 0 unspecified atom stereocenters. The van der Waals surface area contributed by atoms with Crippen LogP contribution in [-0.2, 0) is 6.54 Å². The van der Waals surface area contributed by atoms with E-state index in [1.165, 1.54) is 0 Å². The molecule has 0 bridgehead atoms. The maximum Gasteiger partial charge on any atom is 0.296 e. The first-order chi connectivity index (χ1) is 8.81. The quantitative estimate of drug-likeness (QED) is 0.802. The Kier molecular flexibility index (Phi) is 3.81. The number of carbonyl (C=O) groups is 1. The van der Waals surface area contributed by atoms with Crippen LogP contribution < -0.4 is 5.32 Å². The van der Waals surface area contributed by atoms with Crippen molar-refractivity contribution < 1.29 is 4.79 Å². The topological polar surface area (TPSA) is 65.3 Å². The van der Waals surface area contributed by atoms with Gasteiger partial charge in [0.25, 0.3) is 5.91 Å². The second kappa shape index (κ2) is 5.72. The molecule has 0 heterocycles. The summed E-state index contributed by atoms with van der Waals surface area (Å²) in [5.74, 6) is -0.536.